The summed E-state index contributed by atoms with van der Waals surface area (Å²) in [6.45, 7) is 1.92. The zero-order chi connectivity index (χ0) is 12.8. The molecule has 92 valence electrons. The van der Waals surface area contributed by atoms with Crippen molar-refractivity contribution in [2.24, 2.45) is 0 Å². The molecule has 2 aromatic heterocycles. The predicted molar refractivity (Wildman–Crippen MR) is 68.5 cm³/mol. The second-order valence-electron chi connectivity index (χ2n) is 3.86. The first-order chi connectivity index (χ1) is 8.75. The minimum absolute atomic E-state index is 0.0539. The Bertz CT molecular complexity index is 518. The molecule has 0 aliphatic carbocycles. The number of carbonyl (C=O) groups excluding carboxylic acids is 1. The normalized spacial score (nSPS) is 12.5. The zero-order valence-corrected chi connectivity index (χ0v) is 10.0. The lowest BCUT2D eigenvalue weighted by atomic mass is 10.1. The zero-order valence-electron chi connectivity index (χ0n) is 10.0. The lowest BCUT2D eigenvalue weighted by molar-refractivity contribution is -0.117. The van der Waals surface area contributed by atoms with Gasteiger partial charge in [-0.05, 0) is 42.8 Å². The SMILES string of the molecule is CC(NC(=O)C=Cc1ccco1)c1ccncc1. The summed E-state index contributed by atoms with van der Waals surface area (Å²) in [7, 11) is 0. The number of amides is 1. The Morgan fingerprint density at radius 1 is 1.39 bits per heavy atom. The van der Waals surface area contributed by atoms with Gasteiger partial charge in [-0.3, -0.25) is 9.78 Å². The standard InChI is InChI=1S/C14H14N2O2/c1-11(12-6-8-15-9-7-12)16-14(17)5-4-13-3-2-10-18-13/h2-11H,1H3,(H,16,17). The quantitative estimate of drug-likeness (QED) is 0.838. The van der Waals surface area contributed by atoms with E-state index >= 15 is 0 Å². The van der Waals surface area contributed by atoms with E-state index in [0.29, 0.717) is 5.76 Å². The van der Waals surface area contributed by atoms with Crippen molar-refractivity contribution >= 4 is 12.0 Å². The van der Waals surface area contributed by atoms with Gasteiger partial charge in [-0.2, -0.15) is 0 Å². The Kier molecular flexibility index (Phi) is 3.91. The van der Waals surface area contributed by atoms with Crippen molar-refractivity contribution in [1.29, 1.82) is 0 Å². The molecule has 0 aliphatic heterocycles. The monoisotopic (exact) mass is 242 g/mol. The number of nitrogens with one attached hydrogen (secondary N) is 1. The van der Waals surface area contributed by atoms with Crippen LogP contribution in [0.1, 0.15) is 24.3 Å². The number of furan rings is 1. The molecule has 18 heavy (non-hydrogen) atoms. The van der Waals surface area contributed by atoms with Gasteiger partial charge in [0.15, 0.2) is 0 Å². The van der Waals surface area contributed by atoms with Crippen molar-refractivity contribution in [1.82, 2.24) is 10.3 Å². The van der Waals surface area contributed by atoms with Crippen LogP contribution in [0.2, 0.25) is 0 Å². The molecule has 0 bridgehead atoms. The number of pyridine rings is 1. The highest BCUT2D eigenvalue weighted by Crippen LogP contribution is 2.10. The van der Waals surface area contributed by atoms with Gasteiger partial charge in [0.05, 0.1) is 12.3 Å². The number of aromatic nitrogens is 1. The molecule has 2 heterocycles. The molecule has 1 unspecified atom stereocenters. The van der Waals surface area contributed by atoms with E-state index in [1.165, 1.54) is 6.08 Å². The topological polar surface area (TPSA) is 55.1 Å². The van der Waals surface area contributed by atoms with Crippen LogP contribution in [0, 0.1) is 0 Å². The molecular formula is C14H14N2O2. The van der Waals surface area contributed by atoms with E-state index in [9.17, 15) is 4.79 Å². The van der Waals surface area contributed by atoms with Gasteiger partial charge in [-0.15, -0.1) is 0 Å². The Morgan fingerprint density at radius 2 is 2.17 bits per heavy atom. The predicted octanol–water partition coefficient (Wildman–Crippen LogP) is 2.57. The molecule has 0 saturated heterocycles. The van der Waals surface area contributed by atoms with E-state index in [1.54, 1.807) is 36.9 Å². The summed E-state index contributed by atoms with van der Waals surface area (Å²) in [5.74, 6) is 0.498. The van der Waals surface area contributed by atoms with Crippen molar-refractivity contribution in [3.63, 3.8) is 0 Å². The van der Waals surface area contributed by atoms with Crippen LogP contribution in [-0.2, 0) is 4.79 Å². The van der Waals surface area contributed by atoms with E-state index in [1.807, 2.05) is 19.1 Å². The van der Waals surface area contributed by atoms with Gasteiger partial charge in [0, 0.05) is 18.5 Å². The van der Waals surface area contributed by atoms with Crippen LogP contribution in [-0.4, -0.2) is 10.9 Å². The van der Waals surface area contributed by atoms with Crippen LogP contribution in [0.5, 0.6) is 0 Å². The summed E-state index contributed by atoms with van der Waals surface area (Å²) in [6.07, 6.45) is 8.07. The second kappa shape index (κ2) is 5.82. The first-order valence-electron chi connectivity index (χ1n) is 5.68. The molecule has 1 amide bonds. The molecule has 1 atom stereocenters. The van der Waals surface area contributed by atoms with Crippen LogP contribution < -0.4 is 5.32 Å². The highest BCUT2D eigenvalue weighted by molar-refractivity contribution is 5.91. The molecule has 0 spiro atoms. The smallest absolute Gasteiger partial charge is 0.244 e. The molecule has 0 aromatic carbocycles. The number of rotatable bonds is 4. The fraction of sp³-hybridized carbons (Fsp3) is 0.143. The number of carbonyl (C=O) groups is 1. The Morgan fingerprint density at radius 3 is 2.83 bits per heavy atom. The summed E-state index contributed by atoms with van der Waals surface area (Å²) < 4.78 is 5.10. The summed E-state index contributed by atoms with van der Waals surface area (Å²) >= 11 is 0. The van der Waals surface area contributed by atoms with E-state index < -0.39 is 0 Å². The summed E-state index contributed by atoms with van der Waals surface area (Å²) in [6, 6.07) is 7.26. The molecule has 0 fully saturated rings. The minimum Gasteiger partial charge on any atom is -0.465 e. The average Bonchev–Trinajstić information content (AvgIpc) is 2.90. The first kappa shape index (κ1) is 12.1. The van der Waals surface area contributed by atoms with E-state index in [-0.39, 0.29) is 11.9 Å². The molecule has 2 rings (SSSR count). The third-order valence-electron chi connectivity index (χ3n) is 2.51. The van der Waals surface area contributed by atoms with Crippen LogP contribution in [0.4, 0.5) is 0 Å². The fourth-order valence-electron chi connectivity index (χ4n) is 1.54. The molecule has 1 N–H and O–H groups in total. The second-order valence-corrected chi connectivity index (χ2v) is 3.86. The van der Waals surface area contributed by atoms with Crippen molar-refractivity contribution in [2.45, 2.75) is 13.0 Å². The lowest BCUT2D eigenvalue weighted by Gasteiger charge is -2.12. The highest BCUT2D eigenvalue weighted by Gasteiger charge is 2.06. The van der Waals surface area contributed by atoms with Gasteiger partial charge in [0.1, 0.15) is 5.76 Å². The van der Waals surface area contributed by atoms with Gasteiger partial charge in [0.2, 0.25) is 5.91 Å². The van der Waals surface area contributed by atoms with Crippen molar-refractivity contribution in [3.05, 3.63) is 60.3 Å². The Balaban J connectivity index is 1.92. The average molecular weight is 242 g/mol. The van der Waals surface area contributed by atoms with Crippen LogP contribution in [0.25, 0.3) is 6.08 Å². The summed E-state index contributed by atoms with van der Waals surface area (Å²) in [4.78, 5) is 15.6. The number of hydrogen-bond acceptors (Lipinski definition) is 3. The molecule has 4 heteroatoms. The van der Waals surface area contributed by atoms with Crippen molar-refractivity contribution in [3.8, 4) is 0 Å². The van der Waals surface area contributed by atoms with E-state index in [0.717, 1.165) is 5.56 Å². The first-order valence-corrected chi connectivity index (χ1v) is 5.68. The van der Waals surface area contributed by atoms with Gasteiger partial charge in [-0.25, -0.2) is 0 Å². The van der Waals surface area contributed by atoms with Gasteiger partial charge >= 0.3 is 0 Å². The Hall–Kier alpha value is -2.36. The van der Waals surface area contributed by atoms with Crippen LogP contribution in [0.3, 0.4) is 0 Å². The molecule has 0 saturated carbocycles. The molecule has 0 radical (unpaired) electrons. The van der Waals surface area contributed by atoms with Crippen molar-refractivity contribution in [2.75, 3.05) is 0 Å². The van der Waals surface area contributed by atoms with Gasteiger partial charge < -0.3 is 9.73 Å². The molecule has 0 aliphatic rings. The van der Waals surface area contributed by atoms with Crippen molar-refractivity contribution < 1.29 is 9.21 Å². The fourth-order valence-corrected chi connectivity index (χ4v) is 1.54. The van der Waals surface area contributed by atoms with Gasteiger partial charge in [-0.1, -0.05) is 0 Å². The minimum atomic E-state index is -0.157. The number of nitrogens with zero attached hydrogens (tertiary/aromatic N) is 1. The summed E-state index contributed by atoms with van der Waals surface area (Å²) in [5, 5.41) is 2.86. The maximum atomic E-state index is 11.7. The van der Waals surface area contributed by atoms with Crippen LogP contribution in [0.15, 0.2) is 53.4 Å². The van der Waals surface area contributed by atoms with E-state index in [4.69, 9.17) is 4.42 Å². The highest BCUT2D eigenvalue weighted by atomic mass is 16.3. The maximum Gasteiger partial charge on any atom is 0.244 e. The number of hydrogen-bond donors (Lipinski definition) is 1. The third kappa shape index (κ3) is 3.31. The Labute approximate surface area is 105 Å². The van der Waals surface area contributed by atoms with E-state index in [2.05, 4.69) is 10.3 Å². The molecular weight excluding hydrogens is 228 g/mol. The maximum absolute atomic E-state index is 11.7. The lowest BCUT2D eigenvalue weighted by Crippen LogP contribution is -2.24. The summed E-state index contributed by atoms with van der Waals surface area (Å²) in [5.41, 5.74) is 1.02. The molecule has 2 aromatic rings. The molecule has 4 nitrogen and oxygen atoms in total. The third-order valence-corrected chi connectivity index (χ3v) is 2.51. The van der Waals surface area contributed by atoms with Gasteiger partial charge in [0.25, 0.3) is 0 Å². The largest absolute Gasteiger partial charge is 0.465 e. The van der Waals surface area contributed by atoms with Crippen LogP contribution >= 0.6 is 0 Å².